The van der Waals surface area contributed by atoms with Gasteiger partial charge in [-0.25, -0.2) is 9.38 Å². The maximum Gasteiger partial charge on any atom is 0.266 e. The molecular weight excluding hydrogens is 377 g/mol. The van der Waals surface area contributed by atoms with Gasteiger partial charge in [-0.05, 0) is 68.3 Å². The molecule has 0 spiro atoms. The van der Waals surface area contributed by atoms with Crippen molar-refractivity contribution >= 4 is 40.5 Å². The molecule has 0 N–H and O–H groups in total. The Labute approximate surface area is 167 Å². The molecule has 2 aromatic rings. The highest BCUT2D eigenvalue weighted by Crippen LogP contribution is 2.35. The Kier molecular flexibility index (Phi) is 5.52. The van der Waals surface area contributed by atoms with Crippen molar-refractivity contribution < 1.29 is 13.6 Å². The standard InChI is InChI=1S/C21H22FN3O2S/c1-2-25-20(26)18(28-21(25)23-16-8-6-15(22)7-9-16)14-17-10-11-19(27-17)24-12-4-3-5-13-24/h6-11,14H,2-5,12-13H2,1H3/b18-14+,23-21?. The molecule has 1 aromatic carbocycles. The lowest BCUT2D eigenvalue weighted by atomic mass is 10.1. The van der Waals surface area contributed by atoms with Crippen LogP contribution in [-0.4, -0.2) is 35.6 Å². The summed E-state index contributed by atoms with van der Waals surface area (Å²) < 4.78 is 19.1. The van der Waals surface area contributed by atoms with Gasteiger partial charge in [-0.3, -0.25) is 9.69 Å². The van der Waals surface area contributed by atoms with E-state index in [0.717, 1.165) is 19.0 Å². The highest BCUT2D eigenvalue weighted by molar-refractivity contribution is 8.18. The van der Waals surface area contributed by atoms with E-state index in [1.165, 1.54) is 43.2 Å². The summed E-state index contributed by atoms with van der Waals surface area (Å²) in [5, 5.41) is 0.591. The maximum atomic E-state index is 13.1. The summed E-state index contributed by atoms with van der Waals surface area (Å²) >= 11 is 1.31. The highest BCUT2D eigenvalue weighted by Gasteiger charge is 2.32. The number of amidine groups is 1. The van der Waals surface area contributed by atoms with E-state index in [0.29, 0.717) is 28.1 Å². The Morgan fingerprint density at radius 2 is 1.89 bits per heavy atom. The summed E-state index contributed by atoms with van der Waals surface area (Å²) in [6.07, 6.45) is 5.40. The van der Waals surface area contributed by atoms with Gasteiger partial charge in [0.25, 0.3) is 5.91 Å². The summed E-state index contributed by atoms with van der Waals surface area (Å²) in [6.45, 7) is 4.44. The number of amides is 1. The van der Waals surface area contributed by atoms with Crippen LogP contribution in [0.5, 0.6) is 0 Å². The number of aliphatic imine (C=N–C) groups is 1. The predicted molar refractivity (Wildman–Crippen MR) is 111 cm³/mol. The predicted octanol–water partition coefficient (Wildman–Crippen LogP) is 5.03. The third kappa shape index (κ3) is 3.99. The number of anilines is 1. The van der Waals surface area contributed by atoms with Crippen molar-refractivity contribution in [1.82, 2.24) is 4.90 Å². The highest BCUT2D eigenvalue weighted by atomic mass is 32.2. The first-order chi connectivity index (χ1) is 13.6. The summed E-state index contributed by atoms with van der Waals surface area (Å²) in [4.78, 5) is 21.7. The lowest BCUT2D eigenvalue weighted by Gasteiger charge is -2.25. The van der Waals surface area contributed by atoms with Crippen LogP contribution < -0.4 is 4.90 Å². The van der Waals surface area contributed by atoms with E-state index in [2.05, 4.69) is 9.89 Å². The van der Waals surface area contributed by atoms with Crippen molar-refractivity contribution in [2.75, 3.05) is 24.5 Å². The molecular formula is C21H22FN3O2S. The zero-order valence-electron chi connectivity index (χ0n) is 15.7. The molecule has 5 nitrogen and oxygen atoms in total. The van der Waals surface area contributed by atoms with Crippen molar-refractivity contribution in [2.24, 2.45) is 4.99 Å². The molecule has 0 radical (unpaired) electrons. The van der Waals surface area contributed by atoms with Crippen molar-refractivity contribution in [3.8, 4) is 0 Å². The second kappa shape index (κ2) is 8.22. The number of furan rings is 1. The number of nitrogens with zero attached hydrogens (tertiary/aromatic N) is 3. The van der Waals surface area contributed by atoms with Gasteiger partial charge in [0.05, 0.1) is 10.6 Å². The van der Waals surface area contributed by atoms with E-state index in [1.807, 2.05) is 19.1 Å². The first-order valence-corrected chi connectivity index (χ1v) is 10.4. The summed E-state index contributed by atoms with van der Waals surface area (Å²) in [7, 11) is 0. The minimum atomic E-state index is -0.311. The second-order valence-corrected chi connectivity index (χ2v) is 7.76. The van der Waals surface area contributed by atoms with E-state index in [4.69, 9.17) is 4.42 Å². The van der Waals surface area contributed by atoms with Crippen molar-refractivity contribution in [3.63, 3.8) is 0 Å². The Balaban J connectivity index is 1.55. The second-order valence-electron chi connectivity index (χ2n) is 6.75. The van der Waals surface area contributed by atoms with Crippen LogP contribution in [0.25, 0.3) is 6.08 Å². The number of likely N-dealkylation sites (N-methyl/N-ethyl adjacent to an activating group) is 1. The summed E-state index contributed by atoms with van der Waals surface area (Å²) in [5.74, 6) is 1.11. The minimum absolute atomic E-state index is 0.0933. The molecule has 0 saturated carbocycles. The Morgan fingerprint density at radius 3 is 2.61 bits per heavy atom. The van der Waals surface area contributed by atoms with Gasteiger partial charge in [-0.15, -0.1) is 0 Å². The molecule has 0 bridgehead atoms. The SMILES string of the molecule is CCN1C(=O)/C(=C\c2ccc(N3CCCCC3)o2)SC1=Nc1ccc(F)cc1. The van der Waals surface area contributed by atoms with E-state index >= 15 is 0 Å². The Hall–Kier alpha value is -2.54. The van der Waals surface area contributed by atoms with Crippen LogP contribution in [0.1, 0.15) is 31.9 Å². The molecule has 2 aliphatic heterocycles. The first kappa shape index (κ1) is 18.8. The molecule has 146 valence electrons. The summed E-state index contributed by atoms with van der Waals surface area (Å²) in [5.41, 5.74) is 0.613. The average molecular weight is 399 g/mol. The van der Waals surface area contributed by atoms with Gasteiger partial charge >= 0.3 is 0 Å². The molecule has 3 heterocycles. The number of thioether (sulfide) groups is 1. The lowest BCUT2D eigenvalue weighted by Crippen LogP contribution is -2.28. The van der Waals surface area contributed by atoms with E-state index in [9.17, 15) is 9.18 Å². The maximum absolute atomic E-state index is 13.1. The molecule has 28 heavy (non-hydrogen) atoms. The minimum Gasteiger partial charge on any atom is -0.441 e. The Morgan fingerprint density at radius 1 is 1.14 bits per heavy atom. The molecule has 0 aliphatic carbocycles. The van der Waals surface area contributed by atoms with Crippen LogP contribution in [0.4, 0.5) is 16.0 Å². The van der Waals surface area contributed by atoms with Crippen LogP contribution in [0, 0.1) is 5.82 Å². The van der Waals surface area contributed by atoms with Gasteiger partial charge in [0.1, 0.15) is 11.6 Å². The molecule has 7 heteroatoms. The van der Waals surface area contributed by atoms with Gasteiger partial charge in [-0.1, -0.05) is 0 Å². The van der Waals surface area contributed by atoms with Crippen LogP contribution in [0.15, 0.2) is 50.7 Å². The lowest BCUT2D eigenvalue weighted by molar-refractivity contribution is -0.122. The van der Waals surface area contributed by atoms with Gasteiger partial charge < -0.3 is 9.32 Å². The zero-order valence-corrected chi connectivity index (χ0v) is 16.5. The molecule has 4 rings (SSSR count). The van der Waals surface area contributed by atoms with Crippen LogP contribution in [-0.2, 0) is 4.79 Å². The quantitative estimate of drug-likeness (QED) is 0.677. The van der Waals surface area contributed by atoms with Crippen LogP contribution >= 0.6 is 11.8 Å². The number of halogens is 1. The normalized spacial score (nSPS) is 20.6. The van der Waals surface area contributed by atoms with Crippen molar-refractivity contribution in [1.29, 1.82) is 0 Å². The fourth-order valence-corrected chi connectivity index (χ4v) is 4.37. The zero-order chi connectivity index (χ0) is 19.5. The largest absolute Gasteiger partial charge is 0.441 e. The van der Waals surface area contributed by atoms with Gasteiger partial charge in [0.2, 0.25) is 0 Å². The Bertz CT molecular complexity index is 914. The number of rotatable bonds is 4. The molecule has 1 amide bonds. The fourth-order valence-electron chi connectivity index (χ4n) is 3.33. The van der Waals surface area contributed by atoms with Gasteiger partial charge in [0.15, 0.2) is 11.1 Å². The van der Waals surface area contributed by atoms with Crippen molar-refractivity contribution in [2.45, 2.75) is 26.2 Å². The number of carbonyl (C=O) groups is 1. The summed E-state index contributed by atoms with van der Waals surface area (Å²) in [6, 6.07) is 9.78. The smallest absolute Gasteiger partial charge is 0.266 e. The van der Waals surface area contributed by atoms with Crippen molar-refractivity contribution in [3.05, 3.63) is 52.9 Å². The van der Waals surface area contributed by atoms with Crippen LogP contribution in [0.3, 0.4) is 0 Å². The van der Waals surface area contributed by atoms with E-state index in [-0.39, 0.29) is 11.7 Å². The number of carbonyl (C=O) groups excluding carboxylic acids is 1. The third-order valence-corrected chi connectivity index (χ3v) is 5.82. The number of hydrogen-bond donors (Lipinski definition) is 0. The van der Waals surface area contributed by atoms with E-state index in [1.54, 1.807) is 23.1 Å². The average Bonchev–Trinajstić information content (AvgIpc) is 3.29. The third-order valence-electron chi connectivity index (χ3n) is 4.81. The molecule has 1 aromatic heterocycles. The first-order valence-electron chi connectivity index (χ1n) is 9.54. The molecule has 2 aliphatic rings. The molecule has 2 fully saturated rings. The monoisotopic (exact) mass is 399 g/mol. The van der Waals surface area contributed by atoms with Gasteiger partial charge in [0, 0.05) is 31.8 Å². The number of benzene rings is 1. The molecule has 0 unspecified atom stereocenters. The van der Waals surface area contributed by atoms with Gasteiger partial charge in [-0.2, -0.15) is 0 Å². The van der Waals surface area contributed by atoms with Crippen LogP contribution in [0.2, 0.25) is 0 Å². The number of hydrogen-bond acceptors (Lipinski definition) is 5. The topological polar surface area (TPSA) is 49.1 Å². The molecule has 0 atom stereocenters. The number of piperidine rings is 1. The fraction of sp³-hybridized carbons (Fsp3) is 0.333. The molecule has 2 saturated heterocycles. The van der Waals surface area contributed by atoms with E-state index < -0.39 is 0 Å².